The molecule has 0 atom stereocenters. The van der Waals surface area contributed by atoms with Crippen LogP contribution in [0.2, 0.25) is 0 Å². The van der Waals surface area contributed by atoms with Crippen molar-refractivity contribution >= 4 is 22.7 Å². The van der Waals surface area contributed by atoms with E-state index in [1.165, 1.54) is 31.4 Å². The van der Waals surface area contributed by atoms with E-state index in [0.29, 0.717) is 0 Å². The van der Waals surface area contributed by atoms with Gasteiger partial charge in [-0.2, -0.15) is 10.2 Å². The predicted molar refractivity (Wildman–Crippen MR) is 104 cm³/mol. The van der Waals surface area contributed by atoms with Crippen LogP contribution in [0, 0.1) is 0 Å². The molecule has 128 valence electrons. The van der Waals surface area contributed by atoms with Gasteiger partial charge in [-0.3, -0.25) is 0 Å². The number of nitrogens with zero attached hydrogens (tertiary/aromatic N) is 3. The quantitative estimate of drug-likeness (QED) is 0.448. The monoisotopic (exact) mass is 324 g/mol. The number of hydrogen-bond donors (Lipinski definition) is 1. The zero-order chi connectivity index (χ0) is 17.2. The molecule has 4 nitrogen and oxygen atoms in total. The molecule has 0 fully saturated rings. The molecule has 0 aliphatic rings. The van der Waals surface area contributed by atoms with Crippen LogP contribution in [-0.2, 0) is 0 Å². The summed E-state index contributed by atoms with van der Waals surface area (Å²) >= 11 is 0. The van der Waals surface area contributed by atoms with E-state index >= 15 is 0 Å². The summed E-state index contributed by atoms with van der Waals surface area (Å²) in [6.07, 6.45) is 4.89. The molecule has 24 heavy (non-hydrogen) atoms. The van der Waals surface area contributed by atoms with Gasteiger partial charge in [0, 0.05) is 24.5 Å². The van der Waals surface area contributed by atoms with Gasteiger partial charge in [-0.15, -0.1) is 0 Å². The minimum absolute atomic E-state index is 0.734. The maximum absolute atomic E-state index is 5.67. The van der Waals surface area contributed by atoms with Gasteiger partial charge < -0.3 is 10.6 Å². The van der Waals surface area contributed by atoms with Crippen molar-refractivity contribution in [2.45, 2.75) is 39.5 Å². The molecule has 0 unspecified atom stereocenters. The SMILES string of the molecule is CCCCN(CCCC)c1ccc(N=Nc2ccc(N)cc2)cc1. The molecule has 0 aliphatic heterocycles. The molecule has 4 heteroatoms. The molecule has 0 saturated heterocycles. The normalized spacial score (nSPS) is 11.1. The zero-order valence-corrected chi connectivity index (χ0v) is 14.8. The molecule has 0 heterocycles. The summed E-state index contributed by atoms with van der Waals surface area (Å²) in [7, 11) is 0. The van der Waals surface area contributed by atoms with Gasteiger partial charge in [0.05, 0.1) is 11.4 Å². The summed E-state index contributed by atoms with van der Waals surface area (Å²) in [6.45, 7) is 6.70. The average Bonchev–Trinajstić information content (AvgIpc) is 2.62. The molecule has 0 radical (unpaired) electrons. The molecular formula is C20H28N4. The molecule has 0 spiro atoms. The summed E-state index contributed by atoms with van der Waals surface area (Å²) in [5, 5.41) is 8.54. The van der Waals surface area contributed by atoms with E-state index in [-0.39, 0.29) is 0 Å². The molecule has 0 saturated carbocycles. The molecule has 0 amide bonds. The molecule has 2 aromatic carbocycles. The Hall–Kier alpha value is -2.36. The van der Waals surface area contributed by atoms with Crippen LogP contribution in [-0.4, -0.2) is 13.1 Å². The van der Waals surface area contributed by atoms with Crippen LogP contribution in [0.4, 0.5) is 22.7 Å². The summed E-state index contributed by atoms with van der Waals surface area (Å²) in [4.78, 5) is 2.47. The van der Waals surface area contributed by atoms with Crippen LogP contribution >= 0.6 is 0 Å². The van der Waals surface area contributed by atoms with Crippen molar-refractivity contribution in [2.24, 2.45) is 10.2 Å². The number of benzene rings is 2. The van der Waals surface area contributed by atoms with Gasteiger partial charge in [-0.1, -0.05) is 26.7 Å². The van der Waals surface area contributed by atoms with E-state index in [0.717, 1.165) is 30.2 Å². The topological polar surface area (TPSA) is 54.0 Å². The van der Waals surface area contributed by atoms with Crippen LogP contribution in [0.3, 0.4) is 0 Å². The van der Waals surface area contributed by atoms with Crippen molar-refractivity contribution in [2.75, 3.05) is 23.7 Å². The van der Waals surface area contributed by atoms with Crippen molar-refractivity contribution in [3.05, 3.63) is 48.5 Å². The average molecular weight is 324 g/mol. The number of nitrogen functional groups attached to an aromatic ring is 1. The highest BCUT2D eigenvalue weighted by Gasteiger charge is 2.05. The Morgan fingerprint density at radius 2 is 1.21 bits per heavy atom. The molecule has 0 aliphatic carbocycles. The number of azo groups is 1. The fourth-order valence-electron chi connectivity index (χ4n) is 2.45. The maximum Gasteiger partial charge on any atom is 0.0858 e. The van der Waals surface area contributed by atoms with E-state index in [1.54, 1.807) is 0 Å². The van der Waals surface area contributed by atoms with Gasteiger partial charge >= 0.3 is 0 Å². The first-order valence-corrected chi connectivity index (χ1v) is 8.85. The van der Waals surface area contributed by atoms with E-state index in [4.69, 9.17) is 5.73 Å². The first kappa shape index (κ1) is 18.0. The maximum atomic E-state index is 5.67. The molecule has 2 rings (SSSR count). The molecule has 0 aromatic heterocycles. The third-order valence-electron chi connectivity index (χ3n) is 3.95. The summed E-state index contributed by atoms with van der Waals surface area (Å²) in [6, 6.07) is 15.7. The first-order valence-electron chi connectivity index (χ1n) is 8.85. The lowest BCUT2D eigenvalue weighted by molar-refractivity contribution is 0.678. The van der Waals surface area contributed by atoms with Gasteiger partial charge in [-0.05, 0) is 61.4 Å². The van der Waals surface area contributed by atoms with E-state index in [2.05, 4.69) is 41.1 Å². The van der Waals surface area contributed by atoms with Crippen LogP contribution in [0.1, 0.15) is 39.5 Å². The summed E-state index contributed by atoms with van der Waals surface area (Å²) in [5.74, 6) is 0. The standard InChI is InChI=1S/C20H28N4/c1-3-5-15-24(16-6-4-2)20-13-11-19(12-14-20)23-22-18-9-7-17(21)8-10-18/h7-14H,3-6,15-16,21H2,1-2H3. The second-order valence-electron chi connectivity index (χ2n) is 6.00. The number of anilines is 2. The first-order chi connectivity index (χ1) is 11.7. The van der Waals surface area contributed by atoms with Gasteiger partial charge in [0.25, 0.3) is 0 Å². The lowest BCUT2D eigenvalue weighted by Gasteiger charge is -2.24. The van der Waals surface area contributed by atoms with E-state index in [9.17, 15) is 0 Å². The Bertz CT molecular complexity index is 609. The van der Waals surface area contributed by atoms with Crippen LogP contribution in [0.15, 0.2) is 58.8 Å². The van der Waals surface area contributed by atoms with Crippen LogP contribution in [0.25, 0.3) is 0 Å². The summed E-state index contributed by atoms with van der Waals surface area (Å²) in [5.41, 5.74) is 9.34. The van der Waals surface area contributed by atoms with Crippen LogP contribution < -0.4 is 10.6 Å². The number of unbranched alkanes of at least 4 members (excludes halogenated alkanes) is 2. The van der Waals surface area contributed by atoms with E-state index in [1.807, 2.05) is 36.4 Å². The lowest BCUT2D eigenvalue weighted by Crippen LogP contribution is -2.25. The molecule has 2 aromatic rings. The van der Waals surface area contributed by atoms with E-state index < -0.39 is 0 Å². The number of hydrogen-bond acceptors (Lipinski definition) is 4. The molecule has 2 N–H and O–H groups in total. The zero-order valence-electron chi connectivity index (χ0n) is 14.8. The largest absolute Gasteiger partial charge is 0.399 e. The Morgan fingerprint density at radius 1 is 0.750 bits per heavy atom. The van der Waals surface area contributed by atoms with Crippen LogP contribution in [0.5, 0.6) is 0 Å². The Labute approximate surface area is 145 Å². The molecule has 0 bridgehead atoms. The minimum atomic E-state index is 0.734. The number of nitrogens with two attached hydrogens (primary N) is 1. The van der Waals surface area contributed by atoms with Crippen molar-refractivity contribution < 1.29 is 0 Å². The highest BCUT2D eigenvalue weighted by molar-refractivity contribution is 5.53. The second-order valence-corrected chi connectivity index (χ2v) is 6.00. The predicted octanol–water partition coefficient (Wildman–Crippen LogP) is 6.09. The lowest BCUT2D eigenvalue weighted by atomic mass is 10.2. The van der Waals surface area contributed by atoms with Crippen molar-refractivity contribution in [3.8, 4) is 0 Å². The van der Waals surface area contributed by atoms with Gasteiger partial charge in [-0.25, -0.2) is 0 Å². The van der Waals surface area contributed by atoms with Gasteiger partial charge in [0.2, 0.25) is 0 Å². The highest BCUT2D eigenvalue weighted by atomic mass is 15.1. The minimum Gasteiger partial charge on any atom is -0.399 e. The Kier molecular flexibility index (Phi) is 7.27. The van der Waals surface area contributed by atoms with Gasteiger partial charge in [0.15, 0.2) is 0 Å². The Balaban J connectivity index is 2.03. The van der Waals surface area contributed by atoms with Gasteiger partial charge in [0.1, 0.15) is 0 Å². The van der Waals surface area contributed by atoms with Crippen molar-refractivity contribution in [1.29, 1.82) is 0 Å². The summed E-state index contributed by atoms with van der Waals surface area (Å²) < 4.78 is 0. The fourth-order valence-corrected chi connectivity index (χ4v) is 2.45. The second kappa shape index (κ2) is 9.71. The molecular weight excluding hydrogens is 296 g/mol. The highest BCUT2D eigenvalue weighted by Crippen LogP contribution is 2.23. The van der Waals surface area contributed by atoms with Crippen molar-refractivity contribution in [1.82, 2.24) is 0 Å². The third-order valence-corrected chi connectivity index (χ3v) is 3.95. The smallest absolute Gasteiger partial charge is 0.0858 e. The Morgan fingerprint density at radius 3 is 1.67 bits per heavy atom. The number of rotatable bonds is 9. The fraction of sp³-hybridized carbons (Fsp3) is 0.400. The van der Waals surface area contributed by atoms with Crippen molar-refractivity contribution in [3.63, 3.8) is 0 Å². The third kappa shape index (κ3) is 5.69.